The van der Waals surface area contributed by atoms with Crippen molar-refractivity contribution in [2.45, 2.75) is 75.5 Å². The minimum absolute atomic E-state index is 0.0898. The second-order valence-electron chi connectivity index (χ2n) is 15.8. The van der Waals surface area contributed by atoms with Crippen molar-refractivity contribution >= 4 is 37.2 Å². The van der Waals surface area contributed by atoms with Crippen LogP contribution >= 0.6 is 0 Å². The van der Waals surface area contributed by atoms with Crippen LogP contribution in [0.3, 0.4) is 0 Å². The maximum Gasteiger partial charge on any atom is 0.264 e. The molecular formula is C44H48N6O6Si. The number of nitrogens with zero attached hydrogens (tertiary/aromatic N) is 6. The van der Waals surface area contributed by atoms with Gasteiger partial charge in [-0.3, -0.25) is 14.3 Å². The number of hydrazone groups is 1. The van der Waals surface area contributed by atoms with Gasteiger partial charge in [0.25, 0.3) is 5.91 Å². The van der Waals surface area contributed by atoms with Crippen molar-refractivity contribution in [3.8, 4) is 5.75 Å². The van der Waals surface area contributed by atoms with Gasteiger partial charge >= 0.3 is 0 Å². The lowest BCUT2D eigenvalue weighted by Gasteiger charge is -2.32. The van der Waals surface area contributed by atoms with E-state index in [1.165, 1.54) is 5.01 Å². The highest BCUT2D eigenvalue weighted by Crippen LogP contribution is 2.60. The lowest BCUT2D eigenvalue weighted by atomic mass is 9.82. The zero-order valence-corrected chi connectivity index (χ0v) is 33.7. The van der Waals surface area contributed by atoms with Crippen LogP contribution in [0.25, 0.3) is 0 Å². The SMILES string of the molecule is COc1ccc2c(c1)[C@@]1(O[C@H](CCn3cc(C(CO)c4ccccc4)nn3)[C@@H]([Si](C)(C)O)[C@@H]1C)C(=O)N2Cc1cccc(N2N=C(c3ccccc3)CCC2=O)c1. The molecule has 13 heteroatoms. The Kier molecular flexibility index (Phi) is 10.4. The zero-order chi connectivity index (χ0) is 39.9. The van der Waals surface area contributed by atoms with E-state index in [0.29, 0.717) is 54.2 Å². The Morgan fingerprint density at radius 1 is 0.965 bits per heavy atom. The molecule has 0 saturated carbocycles. The smallest absolute Gasteiger partial charge is 0.264 e. The van der Waals surface area contributed by atoms with E-state index < -0.39 is 20.0 Å². The number of benzene rings is 4. The van der Waals surface area contributed by atoms with Crippen molar-refractivity contribution in [3.05, 3.63) is 137 Å². The van der Waals surface area contributed by atoms with Crippen LogP contribution in [0.4, 0.5) is 11.4 Å². The Morgan fingerprint density at radius 3 is 2.44 bits per heavy atom. The highest BCUT2D eigenvalue weighted by Gasteiger charge is 2.66. The topological polar surface area (TPSA) is 143 Å². The summed E-state index contributed by atoms with van der Waals surface area (Å²) < 4.78 is 14.5. The van der Waals surface area contributed by atoms with Gasteiger partial charge in [-0.2, -0.15) is 5.10 Å². The fourth-order valence-electron chi connectivity index (χ4n) is 9.07. The van der Waals surface area contributed by atoms with Gasteiger partial charge in [0.2, 0.25) is 5.91 Å². The number of aliphatic hydroxyl groups excluding tert-OH is 1. The second-order valence-corrected chi connectivity index (χ2v) is 19.7. The summed E-state index contributed by atoms with van der Waals surface area (Å²) in [7, 11) is -1.33. The third kappa shape index (κ3) is 7.09. The molecule has 0 aliphatic carbocycles. The largest absolute Gasteiger partial charge is 0.497 e. The fraction of sp³-hybridized carbons (Fsp3) is 0.341. The van der Waals surface area contributed by atoms with E-state index in [1.54, 1.807) is 16.7 Å². The minimum Gasteiger partial charge on any atom is -0.497 e. The molecule has 5 atom stereocenters. The lowest BCUT2D eigenvalue weighted by molar-refractivity contribution is -0.146. The Balaban J connectivity index is 1.08. The van der Waals surface area contributed by atoms with E-state index in [-0.39, 0.29) is 42.3 Å². The van der Waals surface area contributed by atoms with Crippen LogP contribution in [0, 0.1) is 5.92 Å². The Bertz CT molecular complexity index is 2300. The van der Waals surface area contributed by atoms with E-state index in [0.717, 1.165) is 22.4 Å². The average Bonchev–Trinajstić information content (AvgIpc) is 3.88. The normalized spacial score (nSPS) is 22.6. The van der Waals surface area contributed by atoms with Crippen molar-refractivity contribution in [3.63, 3.8) is 0 Å². The van der Waals surface area contributed by atoms with Crippen LogP contribution in [0.1, 0.15) is 60.1 Å². The number of hydrogen-bond donors (Lipinski definition) is 2. The number of methoxy groups -OCH3 is 1. The predicted octanol–water partition coefficient (Wildman–Crippen LogP) is 6.38. The third-order valence-electron chi connectivity index (χ3n) is 11.8. The number of rotatable bonds is 12. The molecular weight excluding hydrogens is 737 g/mol. The number of fused-ring (bicyclic) bond motifs is 2. The number of aryl methyl sites for hydroxylation is 1. The zero-order valence-electron chi connectivity index (χ0n) is 32.7. The molecule has 2 N–H and O–H groups in total. The molecule has 1 saturated heterocycles. The molecule has 2 amide bonds. The van der Waals surface area contributed by atoms with Gasteiger partial charge in [0.15, 0.2) is 13.9 Å². The van der Waals surface area contributed by atoms with Crippen LogP contribution in [0.2, 0.25) is 18.6 Å². The summed E-state index contributed by atoms with van der Waals surface area (Å²) in [6.07, 6.45) is 2.78. The summed E-state index contributed by atoms with van der Waals surface area (Å²) in [4.78, 5) is 41.9. The van der Waals surface area contributed by atoms with Gasteiger partial charge in [-0.1, -0.05) is 84.9 Å². The van der Waals surface area contributed by atoms with Crippen LogP contribution < -0.4 is 14.6 Å². The van der Waals surface area contributed by atoms with E-state index in [4.69, 9.17) is 14.6 Å². The van der Waals surface area contributed by atoms with Crippen LogP contribution in [0.5, 0.6) is 5.75 Å². The van der Waals surface area contributed by atoms with Crippen molar-refractivity contribution in [2.24, 2.45) is 11.0 Å². The number of hydrogen-bond acceptors (Lipinski definition) is 9. The lowest BCUT2D eigenvalue weighted by Crippen LogP contribution is -2.46. The number of carbonyl (C=O) groups excluding carboxylic acids is 2. The molecule has 3 aliphatic heterocycles. The number of aromatic nitrogens is 3. The highest BCUT2D eigenvalue weighted by molar-refractivity contribution is 6.71. The van der Waals surface area contributed by atoms with E-state index >= 15 is 4.79 Å². The first-order chi connectivity index (χ1) is 27.5. The second kappa shape index (κ2) is 15.5. The van der Waals surface area contributed by atoms with Gasteiger partial charge in [0.05, 0.1) is 55.1 Å². The van der Waals surface area contributed by atoms with Crippen LogP contribution in [-0.2, 0) is 33.0 Å². The minimum atomic E-state index is -2.93. The van der Waals surface area contributed by atoms with E-state index in [9.17, 15) is 14.7 Å². The molecule has 294 valence electrons. The molecule has 12 nitrogen and oxygen atoms in total. The molecule has 0 bridgehead atoms. The molecule has 1 unspecified atom stereocenters. The molecule has 3 aliphatic rings. The summed E-state index contributed by atoms with van der Waals surface area (Å²) in [6.45, 7) is 6.40. The fourth-order valence-corrected chi connectivity index (χ4v) is 11.7. The van der Waals surface area contributed by atoms with Gasteiger partial charge in [-0.25, -0.2) is 5.01 Å². The Hall–Kier alpha value is -5.47. The number of ether oxygens (including phenoxy) is 2. The maximum absolute atomic E-state index is 15.1. The average molecular weight is 785 g/mol. The number of aliphatic hydroxyl groups is 1. The summed E-state index contributed by atoms with van der Waals surface area (Å²) >= 11 is 0. The summed E-state index contributed by atoms with van der Waals surface area (Å²) in [5.74, 6) is -0.373. The third-order valence-corrected chi connectivity index (χ3v) is 14.3. The Morgan fingerprint density at radius 2 is 1.72 bits per heavy atom. The van der Waals surface area contributed by atoms with Gasteiger partial charge in [0.1, 0.15) is 5.75 Å². The van der Waals surface area contributed by atoms with Crippen molar-refractivity contribution in [1.82, 2.24) is 15.0 Å². The predicted molar refractivity (Wildman–Crippen MR) is 220 cm³/mol. The summed E-state index contributed by atoms with van der Waals surface area (Å²) in [5.41, 5.74) is 4.65. The number of anilines is 2. The Labute approximate surface area is 333 Å². The molecule has 4 heterocycles. The van der Waals surface area contributed by atoms with Gasteiger partial charge in [0, 0.05) is 42.6 Å². The summed E-state index contributed by atoms with van der Waals surface area (Å²) in [6, 6.07) is 32.8. The molecule has 1 fully saturated rings. The van der Waals surface area contributed by atoms with Gasteiger partial charge in [-0.15, -0.1) is 5.10 Å². The maximum atomic E-state index is 15.1. The first kappa shape index (κ1) is 38.4. The molecule has 1 spiro atoms. The standard InChI is InChI=1S/C44H48N6O6Si/c1-29-42(57(3,4)54)40(22-23-48-27-38(45-47-48)35(28-51)31-13-7-5-8-14-31)56-44(29)36-25-34(55-2)18-20-39(36)49(43(44)53)26-30-12-11-17-33(24-30)50-41(52)21-19-37(46-50)32-15-9-6-10-16-32/h5-18,20,24-25,27,29,35,40,42,51,54H,19,21-23,26,28H2,1-4H3/t29-,35?,40+,42-,44+/m0/s1. The number of amides is 2. The molecule has 1 aromatic heterocycles. The van der Waals surface area contributed by atoms with Crippen LogP contribution in [0.15, 0.2) is 114 Å². The van der Waals surface area contributed by atoms with Crippen molar-refractivity contribution < 1.29 is 29.0 Å². The van der Waals surface area contributed by atoms with E-state index in [2.05, 4.69) is 10.3 Å². The molecule has 5 aromatic rings. The molecule has 0 radical (unpaired) electrons. The van der Waals surface area contributed by atoms with Crippen LogP contribution in [-0.4, -0.2) is 70.6 Å². The van der Waals surface area contributed by atoms with Gasteiger partial charge in [-0.05, 0) is 66.5 Å². The quantitative estimate of drug-likeness (QED) is 0.139. The first-order valence-electron chi connectivity index (χ1n) is 19.5. The number of carbonyl (C=O) groups is 2. The molecule has 4 aromatic carbocycles. The molecule has 57 heavy (non-hydrogen) atoms. The highest BCUT2D eigenvalue weighted by atomic mass is 28.4. The van der Waals surface area contributed by atoms with Gasteiger partial charge < -0.3 is 24.3 Å². The summed E-state index contributed by atoms with van der Waals surface area (Å²) in [5, 5.41) is 25.2. The van der Waals surface area contributed by atoms with E-state index in [1.807, 2.05) is 129 Å². The van der Waals surface area contributed by atoms with Crippen molar-refractivity contribution in [1.29, 1.82) is 0 Å². The monoisotopic (exact) mass is 784 g/mol. The first-order valence-corrected chi connectivity index (χ1v) is 22.6. The molecule has 8 rings (SSSR count). The van der Waals surface area contributed by atoms with Crippen molar-refractivity contribution in [2.75, 3.05) is 23.6 Å².